The van der Waals surface area contributed by atoms with E-state index in [2.05, 4.69) is 46.5 Å². The molecule has 0 radical (unpaired) electrons. The fourth-order valence-electron chi connectivity index (χ4n) is 2.56. The second-order valence-electron chi connectivity index (χ2n) is 5.05. The first-order valence-electron chi connectivity index (χ1n) is 7.34. The van der Waals surface area contributed by atoms with Gasteiger partial charge in [-0.25, -0.2) is 4.98 Å². The van der Waals surface area contributed by atoms with Crippen LogP contribution in [0.3, 0.4) is 0 Å². The molecule has 1 unspecified atom stereocenters. The van der Waals surface area contributed by atoms with Gasteiger partial charge in [0.05, 0.1) is 10.5 Å². The molecule has 0 amide bonds. The Balaban J connectivity index is 1.97. The lowest BCUT2D eigenvalue weighted by Crippen LogP contribution is -2.24. The Morgan fingerprint density at radius 1 is 1.14 bits per heavy atom. The summed E-state index contributed by atoms with van der Waals surface area (Å²) in [5.74, 6) is 0. The van der Waals surface area contributed by atoms with Crippen molar-refractivity contribution in [2.75, 3.05) is 6.54 Å². The Bertz CT molecular complexity index is 689. The molecule has 0 fully saturated rings. The van der Waals surface area contributed by atoms with E-state index in [1.807, 2.05) is 23.8 Å². The molecule has 21 heavy (non-hydrogen) atoms. The van der Waals surface area contributed by atoms with Crippen molar-refractivity contribution in [3.8, 4) is 0 Å². The van der Waals surface area contributed by atoms with Crippen molar-refractivity contribution in [3.63, 3.8) is 0 Å². The lowest BCUT2D eigenvalue weighted by Gasteiger charge is -2.19. The largest absolute Gasteiger partial charge is 0.310 e. The van der Waals surface area contributed by atoms with Crippen molar-refractivity contribution < 1.29 is 0 Å². The molecule has 1 aromatic carbocycles. The first-order chi connectivity index (χ1) is 10.4. The summed E-state index contributed by atoms with van der Waals surface area (Å²) in [6.45, 7) is 3.20. The van der Waals surface area contributed by atoms with Gasteiger partial charge in [-0.05, 0) is 30.7 Å². The predicted molar refractivity (Wildman–Crippen MR) is 88.6 cm³/mol. The molecule has 3 rings (SSSR count). The fourth-order valence-corrected chi connectivity index (χ4v) is 3.22. The van der Waals surface area contributed by atoms with Gasteiger partial charge in [-0.1, -0.05) is 25.1 Å². The number of fused-ring (bicyclic) bond motifs is 1. The summed E-state index contributed by atoms with van der Waals surface area (Å²) < 4.78 is 0. The molecule has 0 aliphatic heterocycles. The SMILES string of the molecule is CCCNC(Cc1nccs1)c1ccnc2ccccc12. The van der Waals surface area contributed by atoms with Crippen LogP contribution < -0.4 is 5.32 Å². The second kappa shape index (κ2) is 6.78. The van der Waals surface area contributed by atoms with Gasteiger partial charge in [0.2, 0.25) is 0 Å². The molecule has 2 heterocycles. The van der Waals surface area contributed by atoms with Gasteiger partial charge in [0.15, 0.2) is 0 Å². The molecule has 1 atom stereocenters. The number of benzene rings is 1. The quantitative estimate of drug-likeness (QED) is 0.748. The Kier molecular flexibility index (Phi) is 4.58. The van der Waals surface area contributed by atoms with Gasteiger partial charge in [0, 0.05) is 35.6 Å². The Morgan fingerprint density at radius 3 is 2.86 bits per heavy atom. The standard InChI is InChI=1S/C17H19N3S/c1-2-8-18-16(12-17-20-10-11-21-17)14-7-9-19-15-6-4-3-5-13(14)15/h3-7,9-11,16,18H,2,8,12H2,1H3. The third kappa shape index (κ3) is 3.28. The molecule has 0 bridgehead atoms. The zero-order valence-electron chi connectivity index (χ0n) is 12.1. The second-order valence-corrected chi connectivity index (χ2v) is 6.03. The number of rotatable bonds is 6. The molecule has 0 aliphatic rings. The van der Waals surface area contributed by atoms with Crippen LogP contribution in [0.5, 0.6) is 0 Å². The van der Waals surface area contributed by atoms with Crippen molar-refractivity contribution in [1.82, 2.24) is 15.3 Å². The van der Waals surface area contributed by atoms with Gasteiger partial charge in [0.25, 0.3) is 0 Å². The molecule has 0 saturated carbocycles. The zero-order valence-corrected chi connectivity index (χ0v) is 12.9. The maximum absolute atomic E-state index is 4.46. The molecule has 108 valence electrons. The third-order valence-corrected chi connectivity index (χ3v) is 4.36. The minimum Gasteiger partial charge on any atom is -0.310 e. The molecule has 3 aromatic rings. The van der Waals surface area contributed by atoms with Crippen LogP contribution in [0.2, 0.25) is 0 Å². The van der Waals surface area contributed by atoms with Crippen LogP contribution in [0.15, 0.2) is 48.1 Å². The van der Waals surface area contributed by atoms with Crippen LogP contribution in [-0.2, 0) is 6.42 Å². The van der Waals surface area contributed by atoms with Crippen LogP contribution in [-0.4, -0.2) is 16.5 Å². The van der Waals surface area contributed by atoms with Gasteiger partial charge in [-0.15, -0.1) is 11.3 Å². The number of thiazole rings is 1. The summed E-state index contributed by atoms with van der Waals surface area (Å²) >= 11 is 1.72. The van der Waals surface area contributed by atoms with Crippen molar-refractivity contribution >= 4 is 22.2 Å². The summed E-state index contributed by atoms with van der Waals surface area (Å²) in [7, 11) is 0. The highest BCUT2D eigenvalue weighted by atomic mass is 32.1. The summed E-state index contributed by atoms with van der Waals surface area (Å²) in [5.41, 5.74) is 2.36. The van der Waals surface area contributed by atoms with Crippen LogP contribution >= 0.6 is 11.3 Å². The molecule has 2 aromatic heterocycles. The third-order valence-electron chi connectivity index (χ3n) is 3.56. The van der Waals surface area contributed by atoms with Crippen molar-refractivity contribution in [2.45, 2.75) is 25.8 Å². The number of aromatic nitrogens is 2. The average molecular weight is 297 g/mol. The lowest BCUT2D eigenvalue weighted by atomic mass is 9.99. The van der Waals surface area contributed by atoms with E-state index in [1.54, 1.807) is 11.3 Å². The average Bonchev–Trinajstić information content (AvgIpc) is 3.04. The highest BCUT2D eigenvalue weighted by Crippen LogP contribution is 2.26. The monoisotopic (exact) mass is 297 g/mol. The van der Waals surface area contributed by atoms with E-state index in [-0.39, 0.29) is 6.04 Å². The lowest BCUT2D eigenvalue weighted by molar-refractivity contribution is 0.531. The first-order valence-corrected chi connectivity index (χ1v) is 8.22. The normalized spacial score (nSPS) is 12.6. The number of hydrogen-bond donors (Lipinski definition) is 1. The maximum atomic E-state index is 4.46. The molecule has 0 saturated heterocycles. The maximum Gasteiger partial charge on any atom is 0.0943 e. The van der Waals surface area contributed by atoms with E-state index in [1.165, 1.54) is 16.0 Å². The van der Waals surface area contributed by atoms with Crippen molar-refractivity contribution in [3.05, 3.63) is 58.7 Å². The molecule has 1 N–H and O–H groups in total. The van der Waals surface area contributed by atoms with Crippen molar-refractivity contribution in [2.24, 2.45) is 0 Å². The molecule has 4 heteroatoms. The molecule has 0 aliphatic carbocycles. The van der Waals surface area contributed by atoms with Gasteiger partial charge in [-0.3, -0.25) is 4.98 Å². The van der Waals surface area contributed by atoms with Gasteiger partial charge in [-0.2, -0.15) is 0 Å². The minimum atomic E-state index is 0.281. The highest BCUT2D eigenvalue weighted by molar-refractivity contribution is 7.09. The van der Waals surface area contributed by atoms with E-state index >= 15 is 0 Å². The number of hydrogen-bond acceptors (Lipinski definition) is 4. The summed E-state index contributed by atoms with van der Waals surface area (Å²) in [6.07, 6.45) is 5.82. The molecule has 0 spiro atoms. The van der Waals surface area contributed by atoms with Gasteiger partial charge < -0.3 is 5.32 Å². The summed E-state index contributed by atoms with van der Waals surface area (Å²) in [4.78, 5) is 8.89. The molecular weight excluding hydrogens is 278 g/mol. The van der Waals surface area contributed by atoms with Gasteiger partial charge >= 0.3 is 0 Å². The minimum absolute atomic E-state index is 0.281. The fraction of sp³-hybridized carbons (Fsp3) is 0.294. The summed E-state index contributed by atoms with van der Waals surface area (Å²) in [6, 6.07) is 10.7. The Labute approximate surface area is 129 Å². The number of nitrogens with zero attached hydrogens (tertiary/aromatic N) is 2. The van der Waals surface area contributed by atoms with Crippen molar-refractivity contribution in [1.29, 1.82) is 0 Å². The van der Waals surface area contributed by atoms with Crippen LogP contribution in [0.25, 0.3) is 10.9 Å². The smallest absolute Gasteiger partial charge is 0.0943 e. The van der Waals surface area contributed by atoms with E-state index in [0.717, 1.165) is 24.9 Å². The number of para-hydroxylation sites is 1. The Morgan fingerprint density at radius 2 is 2.05 bits per heavy atom. The molecular formula is C17H19N3S. The highest BCUT2D eigenvalue weighted by Gasteiger charge is 2.15. The summed E-state index contributed by atoms with van der Waals surface area (Å²) in [5, 5.41) is 8.09. The number of pyridine rings is 1. The topological polar surface area (TPSA) is 37.8 Å². The van der Waals surface area contributed by atoms with Crippen LogP contribution in [0.4, 0.5) is 0 Å². The van der Waals surface area contributed by atoms with Crippen LogP contribution in [0, 0.1) is 0 Å². The van der Waals surface area contributed by atoms with E-state index in [0.29, 0.717) is 0 Å². The first kappa shape index (κ1) is 14.2. The molecule has 3 nitrogen and oxygen atoms in total. The number of nitrogens with one attached hydrogen (secondary N) is 1. The van der Waals surface area contributed by atoms with E-state index < -0.39 is 0 Å². The van der Waals surface area contributed by atoms with Crippen LogP contribution in [0.1, 0.15) is 30.0 Å². The zero-order chi connectivity index (χ0) is 14.5. The van der Waals surface area contributed by atoms with E-state index in [9.17, 15) is 0 Å². The van der Waals surface area contributed by atoms with E-state index in [4.69, 9.17) is 0 Å². The van der Waals surface area contributed by atoms with Gasteiger partial charge in [0.1, 0.15) is 0 Å². The Hall–Kier alpha value is -1.78. The predicted octanol–water partition coefficient (Wildman–Crippen LogP) is 3.97.